The predicted octanol–water partition coefficient (Wildman–Crippen LogP) is 5.46. The number of azo groups is 1. The number of sulfone groups is 1. The Bertz CT molecular complexity index is 1510. The summed E-state index contributed by atoms with van der Waals surface area (Å²) < 4.78 is 57.2. The summed E-state index contributed by atoms with van der Waals surface area (Å²) >= 11 is 5.45. The zero-order chi connectivity index (χ0) is 26.5. The fourth-order valence-electron chi connectivity index (χ4n) is 3.40. The van der Waals surface area contributed by atoms with E-state index in [9.17, 15) is 26.5 Å². The summed E-state index contributed by atoms with van der Waals surface area (Å²) in [5.74, 6) is -1.05. The van der Waals surface area contributed by atoms with E-state index in [1.54, 1.807) is 43.4 Å². The minimum atomic E-state index is -4.74. The van der Waals surface area contributed by atoms with Crippen LogP contribution in [-0.4, -0.2) is 51.1 Å². The normalized spacial score (nSPS) is 11.8. The summed E-state index contributed by atoms with van der Waals surface area (Å²) in [4.78, 5) is 4.59. The number of anilines is 1. The molecule has 0 bridgehead atoms. The van der Waals surface area contributed by atoms with Gasteiger partial charge in [0, 0.05) is 24.0 Å². The first-order valence-electron chi connectivity index (χ1n) is 10.5. The molecule has 0 spiro atoms. The van der Waals surface area contributed by atoms with Gasteiger partial charge in [-0.05, 0) is 47.7 Å². The minimum absolute atomic E-state index is 0. The third kappa shape index (κ3) is 8.35. The van der Waals surface area contributed by atoms with Gasteiger partial charge in [0.2, 0.25) is 0 Å². The fourth-order valence-corrected chi connectivity index (χ4v) is 5.40. The van der Waals surface area contributed by atoms with Gasteiger partial charge in [-0.1, -0.05) is 33.1 Å². The lowest BCUT2D eigenvalue weighted by Crippen LogP contribution is -2.25. The second kappa shape index (κ2) is 13.8. The van der Waals surface area contributed by atoms with E-state index in [2.05, 4.69) is 21.0 Å². The van der Waals surface area contributed by atoms with Gasteiger partial charge >= 0.3 is 0 Å². The van der Waals surface area contributed by atoms with Crippen LogP contribution in [0.5, 0.6) is 5.75 Å². The van der Waals surface area contributed by atoms with Crippen LogP contribution < -0.4 is 10.8 Å². The Hall–Kier alpha value is -2.81. The van der Waals surface area contributed by atoms with Crippen molar-refractivity contribution in [1.29, 1.82) is 0 Å². The summed E-state index contributed by atoms with van der Waals surface area (Å²) in [6, 6.07) is 11.2. The minimum Gasteiger partial charge on any atom is -0.505 e. The van der Waals surface area contributed by atoms with Gasteiger partial charge in [-0.15, -0.1) is 16.7 Å². The number of halogens is 1. The lowest BCUT2D eigenvalue weighted by atomic mass is 10.0. The topological polar surface area (TPSA) is 167 Å². The van der Waals surface area contributed by atoms with Crippen molar-refractivity contribution in [2.45, 2.75) is 33.3 Å². The van der Waals surface area contributed by atoms with Gasteiger partial charge in [0.1, 0.15) is 16.5 Å². The van der Waals surface area contributed by atoms with Crippen molar-refractivity contribution in [3.05, 3.63) is 53.6 Å². The summed E-state index contributed by atoms with van der Waals surface area (Å²) in [6.45, 7) is 1.81. The maximum atomic E-state index is 12.1. The van der Waals surface area contributed by atoms with E-state index in [0.29, 0.717) is 27.7 Å². The molecule has 0 radical (unpaired) electrons. The first kappa shape index (κ1) is 33.2. The summed E-state index contributed by atoms with van der Waals surface area (Å²) in [5, 5.41) is 22.6. The zero-order valence-corrected chi connectivity index (χ0v) is 21.8. The third-order valence-corrected chi connectivity index (χ3v) is 7.69. The van der Waals surface area contributed by atoms with E-state index in [1.807, 2.05) is 6.92 Å². The van der Waals surface area contributed by atoms with Crippen LogP contribution in [0.4, 0.5) is 17.1 Å². The van der Waals surface area contributed by atoms with Crippen LogP contribution in [0.25, 0.3) is 10.8 Å². The summed E-state index contributed by atoms with van der Waals surface area (Å²) in [7, 11) is -6.47. The van der Waals surface area contributed by atoms with Gasteiger partial charge in [-0.2, -0.15) is 19.0 Å². The number of nitrogens with one attached hydrogen (secondary N) is 2. The maximum absolute atomic E-state index is 12.1. The molecule has 0 aliphatic rings. The van der Waals surface area contributed by atoms with Crippen LogP contribution in [-0.2, 0) is 31.4 Å². The van der Waals surface area contributed by atoms with E-state index in [-0.39, 0.29) is 33.1 Å². The van der Waals surface area contributed by atoms with E-state index in [4.69, 9.17) is 16.4 Å². The quantitative estimate of drug-likeness (QED) is 0.0747. The average Bonchev–Trinajstić information content (AvgIpc) is 2.80. The Morgan fingerprint density at radius 3 is 2.39 bits per heavy atom. The molecule has 0 fully saturated rings. The standard InChI is InChI=1S/C22H25ClN4O7S2.2CH4/c1-14-8-16-11-19(36(31,32)33)21(22(28)20(16)18(9-14)24-2)27-26-17-5-3-4-15(10-17)12-34-25-13-35(29,30)7-6-23;;/h3-5,8-11,24-25,28H,6-7,12-13H2,1-2H3,(H,31,32,33);2*1H4. The van der Waals surface area contributed by atoms with Crippen LogP contribution in [0.1, 0.15) is 26.0 Å². The molecule has 38 heavy (non-hydrogen) atoms. The number of rotatable bonds is 11. The van der Waals surface area contributed by atoms with E-state index < -0.39 is 42.2 Å². The van der Waals surface area contributed by atoms with Crippen molar-refractivity contribution < 1.29 is 31.3 Å². The molecule has 0 saturated carbocycles. The zero-order valence-electron chi connectivity index (χ0n) is 19.4. The smallest absolute Gasteiger partial charge is 0.296 e. The van der Waals surface area contributed by atoms with Gasteiger partial charge in [0.15, 0.2) is 15.6 Å². The molecular formula is C24H33ClN4O7S2. The number of aryl methyl sites for hydroxylation is 1. The van der Waals surface area contributed by atoms with Crippen LogP contribution >= 0.6 is 11.6 Å². The largest absolute Gasteiger partial charge is 0.505 e. The van der Waals surface area contributed by atoms with Gasteiger partial charge in [-0.3, -0.25) is 9.39 Å². The molecular weight excluding hydrogens is 556 g/mol. The van der Waals surface area contributed by atoms with Crippen molar-refractivity contribution in [2.24, 2.45) is 10.2 Å². The highest BCUT2D eigenvalue weighted by Gasteiger charge is 2.23. The average molecular weight is 589 g/mol. The van der Waals surface area contributed by atoms with Crippen molar-refractivity contribution in [1.82, 2.24) is 5.48 Å². The number of hydrogen-bond acceptors (Lipinski definition) is 10. The fraction of sp³-hybridized carbons (Fsp3) is 0.333. The number of fused-ring (bicyclic) bond motifs is 1. The van der Waals surface area contributed by atoms with E-state index in [1.165, 1.54) is 6.07 Å². The number of phenols is 1. The van der Waals surface area contributed by atoms with Gasteiger partial charge in [0.05, 0.1) is 18.0 Å². The molecule has 0 heterocycles. The molecule has 0 aliphatic carbocycles. The van der Waals surface area contributed by atoms with Crippen LogP contribution in [0.15, 0.2) is 57.6 Å². The Kier molecular flexibility index (Phi) is 12.1. The number of hydrogen-bond donors (Lipinski definition) is 4. The molecule has 0 aliphatic heterocycles. The molecule has 4 N–H and O–H groups in total. The highest BCUT2D eigenvalue weighted by Crippen LogP contribution is 2.44. The number of hydroxylamine groups is 1. The SMILES string of the molecule is C.C.CNc1cc(C)cc2cc(S(=O)(=O)O)c(N=Nc3cccc(CONCS(=O)(=O)CCCl)c3)c(O)c12. The maximum Gasteiger partial charge on any atom is 0.296 e. The molecule has 0 aromatic heterocycles. The van der Waals surface area contributed by atoms with Crippen molar-refractivity contribution >= 4 is 59.4 Å². The molecule has 11 nitrogen and oxygen atoms in total. The number of alkyl halides is 1. The first-order valence-corrected chi connectivity index (χ1v) is 14.3. The second-order valence-electron chi connectivity index (χ2n) is 7.79. The molecule has 0 unspecified atom stereocenters. The molecule has 0 amide bonds. The van der Waals surface area contributed by atoms with Gasteiger partial charge < -0.3 is 10.4 Å². The third-order valence-electron chi connectivity index (χ3n) is 5.03. The van der Waals surface area contributed by atoms with Crippen LogP contribution in [0, 0.1) is 6.92 Å². The molecule has 14 heteroatoms. The summed E-state index contributed by atoms with van der Waals surface area (Å²) in [6.07, 6.45) is 0. The second-order valence-corrected chi connectivity index (χ2v) is 11.7. The summed E-state index contributed by atoms with van der Waals surface area (Å²) in [5.41, 5.74) is 4.21. The number of phenolic OH excluding ortho intramolecular Hbond substituents is 1. The molecule has 3 aromatic rings. The number of nitrogens with zero attached hydrogens (tertiary/aromatic N) is 2. The molecule has 0 saturated heterocycles. The lowest BCUT2D eigenvalue weighted by Gasteiger charge is -2.13. The van der Waals surface area contributed by atoms with Crippen LogP contribution in [0.2, 0.25) is 0 Å². The van der Waals surface area contributed by atoms with Crippen molar-refractivity contribution in [3.8, 4) is 5.75 Å². The Balaban J connectivity index is 0.00000361. The number of benzene rings is 3. The molecule has 3 aromatic carbocycles. The van der Waals surface area contributed by atoms with Crippen LogP contribution in [0.3, 0.4) is 0 Å². The first-order chi connectivity index (χ1) is 16.9. The Labute approximate surface area is 228 Å². The van der Waals surface area contributed by atoms with Crippen molar-refractivity contribution in [2.75, 3.05) is 29.9 Å². The monoisotopic (exact) mass is 588 g/mol. The predicted molar refractivity (Wildman–Crippen MR) is 151 cm³/mol. The van der Waals surface area contributed by atoms with Gasteiger partial charge in [0.25, 0.3) is 10.1 Å². The number of aromatic hydroxyl groups is 1. The highest BCUT2D eigenvalue weighted by atomic mass is 35.5. The van der Waals surface area contributed by atoms with Gasteiger partial charge in [-0.25, -0.2) is 8.42 Å². The highest BCUT2D eigenvalue weighted by molar-refractivity contribution is 7.91. The lowest BCUT2D eigenvalue weighted by molar-refractivity contribution is 0.0392. The van der Waals surface area contributed by atoms with E-state index >= 15 is 0 Å². The van der Waals surface area contributed by atoms with E-state index in [0.717, 1.165) is 5.56 Å². The van der Waals surface area contributed by atoms with Crippen molar-refractivity contribution in [3.63, 3.8) is 0 Å². The molecule has 0 atom stereocenters. The Morgan fingerprint density at radius 2 is 1.76 bits per heavy atom. The Morgan fingerprint density at radius 1 is 1.05 bits per heavy atom. The molecule has 210 valence electrons. The molecule has 3 rings (SSSR count).